The molecule has 0 aliphatic rings. The summed E-state index contributed by atoms with van der Waals surface area (Å²) in [6.45, 7) is 0. The van der Waals surface area contributed by atoms with E-state index in [4.69, 9.17) is 9.15 Å². The van der Waals surface area contributed by atoms with Crippen LogP contribution in [0.15, 0.2) is 57.8 Å². The number of nitrogens with zero attached hydrogens (tertiary/aromatic N) is 2. The zero-order valence-corrected chi connectivity index (χ0v) is 14.8. The van der Waals surface area contributed by atoms with Crippen molar-refractivity contribution in [2.24, 2.45) is 0 Å². The minimum absolute atomic E-state index is 0.000743. The number of nitrogens with one attached hydrogen (secondary N) is 1. The summed E-state index contributed by atoms with van der Waals surface area (Å²) < 4.78 is 34.1. The van der Waals surface area contributed by atoms with Gasteiger partial charge >= 0.3 is 6.01 Å². The van der Waals surface area contributed by atoms with Crippen LogP contribution in [0.2, 0.25) is 0 Å². The Hall–Kier alpha value is -3.20. The van der Waals surface area contributed by atoms with Crippen molar-refractivity contribution in [1.82, 2.24) is 10.2 Å². The van der Waals surface area contributed by atoms with Gasteiger partial charge in [0.15, 0.2) is 9.84 Å². The first kappa shape index (κ1) is 17.6. The number of sulfone groups is 1. The predicted molar refractivity (Wildman–Crippen MR) is 93.8 cm³/mol. The molecule has 0 radical (unpaired) electrons. The van der Waals surface area contributed by atoms with Crippen molar-refractivity contribution in [2.75, 3.05) is 18.7 Å². The molecule has 0 spiro atoms. The number of carbonyl (C=O) groups is 1. The lowest BCUT2D eigenvalue weighted by Crippen LogP contribution is -2.16. The second-order valence-corrected chi connectivity index (χ2v) is 7.35. The zero-order valence-electron chi connectivity index (χ0n) is 14.0. The summed E-state index contributed by atoms with van der Waals surface area (Å²) in [5.41, 5.74) is 0.648. The fraction of sp³-hybridized carbons (Fsp3) is 0.118. The van der Waals surface area contributed by atoms with E-state index in [2.05, 4.69) is 15.5 Å². The Balaban J connectivity index is 1.82. The molecule has 0 fully saturated rings. The van der Waals surface area contributed by atoms with E-state index in [1.807, 2.05) is 0 Å². The number of hydrogen-bond acceptors (Lipinski definition) is 7. The molecule has 3 rings (SSSR count). The lowest BCUT2D eigenvalue weighted by atomic mass is 10.2. The highest BCUT2D eigenvalue weighted by atomic mass is 32.2. The van der Waals surface area contributed by atoms with Crippen LogP contribution in [0.25, 0.3) is 11.5 Å². The Labute approximate surface area is 149 Å². The lowest BCUT2D eigenvalue weighted by molar-refractivity contribution is 0.102. The number of rotatable bonds is 5. The maximum Gasteiger partial charge on any atom is 0.322 e. The van der Waals surface area contributed by atoms with Crippen LogP contribution in [0, 0.1) is 0 Å². The SMILES string of the molecule is COc1ccc(-c2nnc(NC(=O)c3ccccc3S(C)(=O)=O)o2)cc1. The number of carbonyl (C=O) groups excluding carboxylic acids is 1. The van der Waals surface area contributed by atoms with E-state index in [0.717, 1.165) is 6.26 Å². The molecule has 134 valence electrons. The Morgan fingerprint density at radius 3 is 2.42 bits per heavy atom. The normalized spacial score (nSPS) is 11.2. The molecular formula is C17H15N3O5S. The third-order valence-corrected chi connectivity index (χ3v) is 4.67. The Morgan fingerprint density at radius 2 is 1.77 bits per heavy atom. The molecule has 0 bridgehead atoms. The van der Waals surface area contributed by atoms with Gasteiger partial charge in [0.2, 0.25) is 5.89 Å². The van der Waals surface area contributed by atoms with Crippen LogP contribution < -0.4 is 10.1 Å². The molecule has 2 aromatic carbocycles. The summed E-state index contributed by atoms with van der Waals surface area (Å²) in [6, 6.07) is 12.7. The standard InChI is InChI=1S/C17H15N3O5S/c1-24-12-9-7-11(8-10-12)16-19-20-17(25-16)18-15(21)13-5-3-4-6-14(13)26(2,22)23/h3-10H,1-2H3,(H,18,20,21). The van der Waals surface area contributed by atoms with Crippen LogP contribution >= 0.6 is 0 Å². The molecule has 0 aliphatic carbocycles. The molecule has 26 heavy (non-hydrogen) atoms. The maximum absolute atomic E-state index is 12.4. The topological polar surface area (TPSA) is 111 Å². The second kappa shape index (κ2) is 6.96. The number of anilines is 1. The van der Waals surface area contributed by atoms with Gasteiger partial charge in [0.1, 0.15) is 5.75 Å². The van der Waals surface area contributed by atoms with E-state index < -0.39 is 15.7 Å². The first-order chi connectivity index (χ1) is 12.4. The molecule has 1 aromatic heterocycles. The van der Waals surface area contributed by atoms with E-state index in [-0.39, 0.29) is 22.4 Å². The van der Waals surface area contributed by atoms with Crippen LogP contribution in [0.1, 0.15) is 10.4 Å². The minimum Gasteiger partial charge on any atom is -0.497 e. The van der Waals surface area contributed by atoms with Crippen molar-refractivity contribution in [1.29, 1.82) is 0 Å². The molecule has 0 aliphatic heterocycles. The van der Waals surface area contributed by atoms with Crippen molar-refractivity contribution in [3.8, 4) is 17.2 Å². The molecule has 0 saturated carbocycles. The molecule has 9 heteroatoms. The largest absolute Gasteiger partial charge is 0.497 e. The highest BCUT2D eigenvalue weighted by Crippen LogP contribution is 2.23. The van der Waals surface area contributed by atoms with Crippen molar-refractivity contribution in [3.05, 3.63) is 54.1 Å². The highest BCUT2D eigenvalue weighted by molar-refractivity contribution is 7.90. The summed E-state index contributed by atoms with van der Waals surface area (Å²) in [6.07, 6.45) is 1.04. The minimum atomic E-state index is -3.55. The average Bonchev–Trinajstić information content (AvgIpc) is 3.09. The molecule has 1 heterocycles. The summed E-state index contributed by atoms with van der Waals surface area (Å²) in [7, 11) is -2.00. The van der Waals surface area contributed by atoms with Gasteiger partial charge in [0.05, 0.1) is 17.6 Å². The molecule has 3 aromatic rings. The van der Waals surface area contributed by atoms with Gasteiger partial charge in [0.25, 0.3) is 5.91 Å². The van der Waals surface area contributed by atoms with E-state index in [1.54, 1.807) is 43.5 Å². The average molecular weight is 373 g/mol. The van der Waals surface area contributed by atoms with Crippen LogP contribution in [-0.4, -0.2) is 37.9 Å². The highest BCUT2D eigenvalue weighted by Gasteiger charge is 2.20. The molecule has 1 N–H and O–H groups in total. The third-order valence-electron chi connectivity index (χ3n) is 3.51. The van der Waals surface area contributed by atoms with E-state index in [1.165, 1.54) is 12.1 Å². The van der Waals surface area contributed by atoms with Gasteiger partial charge in [-0.1, -0.05) is 17.2 Å². The van der Waals surface area contributed by atoms with Gasteiger partial charge in [-0.2, -0.15) is 0 Å². The van der Waals surface area contributed by atoms with Gasteiger partial charge in [0, 0.05) is 11.8 Å². The number of amides is 1. The second-order valence-electron chi connectivity index (χ2n) is 5.36. The van der Waals surface area contributed by atoms with Crippen molar-refractivity contribution in [3.63, 3.8) is 0 Å². The monoisotopic (exact) mass is 373 g/mol. The summed E-state index contributed by atoms with van der Waals surface area (Å²) in [4.78, 5) is 12.3. The zero-order chi connectivity index (χ0) is 18.7. The van der Waals surface area contributed by atoms with Gasteiger partial charge in [-0.05, 0) is 36.4 Å². The summed E-state index contributed by atoms with van der Waals surface area (Å²) >= 11 is 0. The Kier molecular flexibility index (Phi) is 4.72. The molecule has 0 unspecified atom stereocenters. The van der Waals surface area contributed by atoms with Gasteiger partial charge in [-0.15, -0.1) is 5.10 Å². The van der Waals surface area contributed by atoms with Crippen molar-refractivity contribution < 1.29 is 22.4 Å². The van der Waals surface area contributed by atoms with Crippen LogP contribution in [0.5, 0.6) is 5.75 Å². The fourth-order valence-corrected chi connectivity index (χ4v) is 3.15. The summed E-state index contributed by atoms with van der Waals surface area (Å²) in [5, 5.41) is 10.0. The summed E-state index contributed by atoms with van der Waals surface area (Å²) in [5.74, 6) is 0.231. The molecule has 8 nitrogen and oxygen atoms in total. The van der Waals surface area contributed by atoms with E-state index in [9.17, 15) is 13.2 Å². The molecule has 1 amide bonds. The first-order valence-corrected chi connectivity index (χ1v) is 9.36. The first-order valence-electron chi connectivity index (χ1n) is 7.47. The Morgan fingerprint density at radius 1 is 1.08 bits per heavy atom. The fourth-order valence-electron chi connectivity index (χ4n) is 2.27. The number of hydrogen-bond donors (Lipinski definition) is 1. The van der Waals surface area contributed by atoms with Gasteiger partial charge in [-0.25, -0.2) is 8.42 Å². The van der Waals surface area contributed by atoms with Gasteiger partial charge < -0.3 is 9.15 Å². The van der Waals surface area contributed by atoms with E-state index >= 15 is 0 Å². The smallest absolute Gasteiger partial charge is 0.322 e. The van der Waals surface area contributed by atoms with Crippen molar-refractivity contribution >= 4 is 21.8 Å². The molecular weight excluding hydrogens is 358 g/mol. The quantitative estimate of drug-likeness (QED) is 0.731. The third kappa shape index (κ3) is 3.72. The van der Waals surface area contributed by atoms with Crippen LogP contribution in [0.4, 0.5) is 6.01 Å². The van der Waals surface area contributed by atoms with Crippen LogP contribution in [0.3, 0.4) is 0 Å². The van der Waals surface area contributed by atoms with E-state index in [0.29, 0.717) is 11.3 Å². The Bertz CT molecular complexity index is 1040. The maximum atomic E-state index is 12.4. The number of ether oxygens (including phenoxy) is 1. The van der Waals surface area contributed by atoms with Gasteiger partial charge in [-0.3, -0.25) is 10.1 Å². The van der Waals surface area contributed by atoms with Crippen molar-refractivity contribution in [2.45, 2.75) is 4.90 Å². The predicted octanol–water partition coefficient (Wildman–Crippen LogP) is 2.40. The van der Waals surface area contributed by atoms with Crippen LogP contribution in [-0.2, 0) is 9.84 Å². The molecule has 0 atom stereocenters. The molecule has 0 saturated heterocycles. The number of methoxy groups -OCH3 is 1. The number of aromatic nitrogens is 2. The number of benzene rings is 2. The lowest BCUT2D eigenvalue weighted by Gasteiger charge is -2.06.